The van der Waals surface area contributed by atoms with Crippen molar-refractivity contribution in [3.63, 3.8) is 0 Å². The first-order chi connectivity index (χ1) is 6.03. The number of nitrogens with two attached hydrogens (primary N) is 1. The van der Waals surface area contributed by atoms with Crippen LogP contribution in [0.5, 0.6) is 0 Å². The molecule has 13 heavy (non-hydrogen) atoms. The third-order valence-corrected chi connectivity index (χ3v) is 2.13. The van der Waals surface area contributed by atoms with E-state index in [1.165, 1.54) is 0 Å². The van der Waals surface area contributed by atoms with Gasteiger partial charge in [0.2, 0.25) is 0 Å². The summed E-state index contributed by atoms with van der Waals surface area (Å²) in [5.41, 5.74) is 6.80. The molecular formula is C9H18N4. The van der Waals surface area contributed by atoms with Crippen molar-refractivity contribution in [1.29, 1.82) is 0 Å². The lowest BCUT2D eigenvalue weighted by molar-refractivity contribution is 0.335. The van der Waals surface area contributed by atoms with Gasteiger partial charge in [0.25, 0.3) is 0 Å². The summed E-state index contributed by atoms with van der Waals surface area (Å²) < 4.78 is 1.73. The Morgan fingerprint density at radius 3 is 2.69 bits per heavy atom. The molecule has 1 rings (SSSR count). The van der Waals surface area contributed by atoms with Crippen LogP contribution in [0.2, 0.25) is 0 Å². The van der Waals surface area contributed by atoms with E-state index in [9.17, 15) is 0 Å². The standard InChI is InChI=1S/C9H18N4/c1-9(2,4-5-10)6-8-7-13(3)12-11-8/h7H,4-6,10H2,1-3H3. The summed E-state index contributed by atoms with van der Waals surface area (Å²) in [7, 11) is 1.88. The summed E-state index contributed by atoms with van der Waals surface area (Å²) in [6.07, 6.45) is 3.92. The summed E-state index contributed by atoms with van der Waals surface area (Å²) in [5.74, 6) is 0. The Labute approximate surface area is 79.1 Å². The quantitative estimate of drug-likeness (QED) is 0.747. The van der Waals surface area contributed by atoms with E-state index < -0.39 is 0 Å². The molecule has 0 atom stereocenters. The van der Waals surface area contributed by atoms with E-state index in [0.717, 1.165) is 25.1 Å². The van der Waals surface area contributed by atoms with Gasteiger partial charge in [-0.1, -0.05) is 19.1 Å². The van der Waals surface area contributed by atoms with Crippen molar-refractivity contribution in [3.05, 3.63) is 11.9 Å². The van der Waals surface area contributed by atoms with E-state index in [1.54, 1.807) is 4.68 Å². The maximum absolute atomic E-state index is 5.53. The molecule has 0 spiro atoms. The summed E-state index contributed by atoms with van der Waals surface area (Å²) in [6.45, 7) is 5.14. The van der Waals surface area contributed by atoms with Gasteiger partial charge in [-0.3, -0.25) is 4.68 Å². The smallest absolute Gasteiger partial charge is 0.0832 e. The fourth-order valence-electron chi connectivity index (χ4n) is 1.45. The van der Waals surface area contributed by atoms with E-state index in [1.807, 2.05) is 13.2 Å². The first-order valence-corrected chi connectivity index (χ1v) is 4.59. The lowest BCUT2D eigenvalue weighted by Gasteiger charge is -2.21. The SMILES string of the molecule is Cn1cc(CC(C)(C)CCN)nn1. The van der Waals surface area contributed by atoms with Crippen molar-refractivity contribution >= 4 is 0 Å². The van der Waals surface area contributed by atoms with E-state index in [-0.39, 0.29) is 5.41 Å². The van der Waals surface area contributed by atoms with Crippen molar-refractivity contribution in [2.24, 2.45) is 18.2 Å². The molecule has 1 heterocycles. The first-order valence-electron chi connectivity index (χ1n) is 4.59. The molecule has 4 heteroatoms. The second kappa shape index (κ2) is 3.87. The van der Waals surface area contributed by atoms with Crippen LogP contribution >= 0.6 is 0 Å². The van der Waals surface area contributed by atoms with Gasteiger partial charge in [-0.25, -0.2) is 0 Å². The summed E-state index contributed by atoms with van der Waals surface area (Å²) in [4.78, 5) is 0. The van der Waals surface area contributed by atoms with Crippen molar-refractivity contribution in [2.75, 3.05) is 6.54 Å². The Bertz CT molecular complexity index is 264. The molecule has 1 aromatic rings. The highest BCUT2D eigenvalue weighted by Crippen LogP contribution is 2.23. The Hall–Kier alpha value is -0.900. The lowest BCUT2D eigenvalue weighted by Crippen LogP contribution is -2.19. The maximum atomic E-state index is 5.53. The lowest BCUT2D eigenvalue weighted by atomic mass is 9.85. The van der Waals surface area contributed by atoms with Crippen LogP contribution in [0.4, 0.5) is 0 Å². The van der Waals surface area contributed by atoms with Gasteiger partial charge in [-0.15, -0.1) is 5.10 Å². The summed E-state index contributed by atoms with van der Waals surface area (Å²) in [6, 6.07) is 0. The monoisotopic (exact) mass is 182 g/mol. The third-order valence-electron chi connectivity index (χ3n) is 2.13. The van der Waals surface area contributed by atoms with Crippen molar-refractivity contribution in [3.8, 4) is 0 Å². The predicted molar refractivity (Wildman–Crippen MR) is 52.2 cm³/mol. The molecule has 0 bridgehead atoms. The molecule has 4 nitrogen and oxygen atoms in total. The molecule has 0 unspecified atom stereocenters. The van der Waals surface area contributed by atoms with Crippen LogP contribution in [0, 0.1) is 5.41 Å². The molecule has 0 aromatic carbocycles. The molecule has 0 fully saturated rings. The minimum atomic E-state index is 0.227. The molecule has 0 amide bonds. The highest BCUT2D eigenvalue weighted by atomic mass is 15.4. The number of aromatic nitrogens is 3. The topological polar surface area (TPSA) is 56.7 Å². The zero-order valence-electron chi connectivity index (χ0n) is 8.62. The van der Waals surface area contributed by atoms with Gasteiger partial charge < -0.3 is 5.73 Å². The Morgan fingerprint density at radius 1 is 1.54 bits per heavy atom. The second-order valence-electron chi connectivity index (χ2n) is 4.26. The fraction of sp³-hybridized carbons (Fsp3) is 0.778. The summed E-state index contributed by atoms with van der Waals surface area (Å²) >= 11 is 0. The van der Waals surface area contributed by atoms with Crippen LogP contribution < -0.4 is 5.73 Å². The highest BCUT2D eigenvalue weighted by molar-refractivity contribution is 4.96. The number of aryl methyl sites for hydroxylation is 1. The van der Waals surface area contributed by atoms with Gasteiger partial charge in [0, 0.05) is 13.2 Å². The number of nitrogens with zero attached hydrogens (tertiary/aromatic N) is 3. The maximum Gasteiger partial charge on any atom is 0.0832 e. The van der Waals surface area contributed by atoms with Crippen LogP contribution in [0.25, 0.3) is 0 Å². The van der Waals surface area contributed by atoms with Crippen molar-refractivity contribution < 1.29 is 0 Å². The predicted octanol–water partition coefficient (Wildman–Crippen LogP) is 0.733. The van der Waals surface area contributed by atoms with Crippen LogP contribution in [0.1, 0.15) is 26.0 Å². The third kappa shape index (κ3) is 3.14. The minimum Gasteiger partial charge on any atom is -0.330 e. The number of rotatable bonds is 4. The molecule has 2 N–H and O–H groups in total. The van der Waals surface area contributed by atoms with Gasteiger partial charge in [-0.2, -0.15) is 0 Å². The Balaban J connectivity index is 2.57. The van der Waals surface area contributed by atoms with Gasteiger partial charge in [0.15, 0.2) is 0 Å². The zero-order chi connectivity index (χ0) is 9.90. The van der Waals surface area contributed by atoms with Gasteiger partial charge >= 0.3 is 0 Å². The first kappa shape index (κ1) is 10.2. The average Bonchev–Trinajstić information content (AvgIpc) is 2.34. The molecule has 74 valence electrons. The summed E-state index contributed by atoms with van der Waals surface area (Å²) in [5, 5.41) is 7.95. The van der Waals surface area contributed by atoms with E-state index >= 15 is 0 Å². The van der Waals surface area contributed by atoms with E-state index in [2.05, 4.69) is 24.2 Å². The Morgan fingerprint density at radius 2 is 2.23 bits per heavy atom. The van der Waals surface area contributed by atoms with Gasteiger partial charge in [0.1, 0.15) is 0 Å². The van der Waals surface area contributed by atoms with Crippen molar-refractivity contribution in [2.45, 2.75) is 26.7 Å². The minimum absolute atomic E-state index is 0.227. The van der Waals surface area contributed by atoms with Crippen LogP contribution in [0.3, 0.4) is 0 Å². The zero-order valence-corrected chi connectivity index (χ0v) is 8.62. The van der Waals surface area contributed by atoms with Crippen LogP contribution in [-0.2, 0) is 13.5 Å². The molecule has 1 aromatic heterocycles. The van der Waals surface area contributed by atoms with E-state index in [4.69, 9.17) is 5.73 Å². The average molecular weight is 182 g/mol. The highest BCUT2D eigenvalue weighted by Gasteiger charge is 2.18. The molecule has 0 aliphatic heterocycles. The second-order valence-corrected chi connectivity index (χ2v) is 4.26. The number of hydrogen-bond acceptors (Lipinski definition) is 3. The largest absolute Gasteiger partial charge is 0.330 e. The van der Waals surface area contributed by atoms with Gasteiger partial charge in [0.05, 0.1) is 5.69 Å². The number of hydrogen-bond donors (Lipinski definition) is 1. The molecule has 0 saturated carbocycles. The molecule has 0 aliphatic carbocycles. The van der Waals surface area contributed by atoms with Crippen molar-refractivity contribution in [1.82, 2.24) is 15.0 Å². The van der Waals surface area contributed by atoms with Crippen LogP contribution in [0.15, 0.2) is 6.20 Å². The van der Waals surface area contributed by atoms with Crippen LogP contribution in [-0.4, -0.2) is 21.5 Å². The van der Waals surface area contributed by atoms with E-state index in [0.29, 0.717) is 0 Å². The normalized spacial score (nSPS) is 12.0. The molecule has 0 saturated heterocycles. The fourth-order valence-corrected chi connectivity index (χ4v) is 1.45. The Kier molecular flexibility index (Phi) is 3.03. The van der Waals surface area contributed by atoms with Gasteiger partial charge in [-0.05, 0) is 24.8 Å². The molecule has 0 aliphatic rings. The molecule has 0 radical (unpaired) electrons. The molecular weight excluding hydrogens is 164 g/mol.